The summed E-state index contributed by atoms with van der Waals surface area (Å²) in [5.74, 6) is 0.636. The van der Waals surface area contributed by atoms with Crippen LogP contribution in [0.3, 0.4) is 0 Å². The molecule has 0 fully saturated rings. The standard InChI is InChI=1S/C11H22O.C3H6O/c1-3-5-7-9-11(12)10-8-6-4-2;1-3(2)4/h3-10H2,1-2H3;1-2H3. The normalized spacial score (nSPS) is 9.25. The molecule has 0 saturated carbocycles. The third kappa shape index (κ3) is 23.3. The second-order valence-electron chi connectivity index (χ2n) is 4.36. The van der Waals surface area contributed by atoms with E-state index in [1.165, 1.54) is 39.5 Å². The Labute approximate surface area is 101 Å². The molecule has 0 spiro atoms. The molecule has 2 nitrogen and oxygen atoms in total. The van der Waals surface area contributed by atoms with Crippen molar-refractivity contribution in [3.63, 3.8) is 0 Å². The molecule has 0 aromatic carbocycles. The summed E-state index contributed by atoms with van der Waals surface area (Å²) >= 11 is 0. The van der Waals surface area contributed by atoms with Gasteiger partial charge in [-0.2, -0.15) is 0 Å². The molecule has 0 saturated heterocycles. The molecule has 0 unspecified atom stereocenters. The van der Waals surface area contributed by atoms with Crippen molar-refractivity contribution >= 4 is 11.6 Å². The van der Waals surface area contributed by atoms with Crippen LogP contribution < -0.4 is 0 Å². The minimum absolute atomic E-state index is 0.167. The van der Waals surface area contributed by atoms with E-state index in [0.717, 1.165) is 25.7 Å². The smallest absolute Gasteiger partial charge is 0.132 e. The van der Waals surface area contributed by atoms with Gasteiger partial charge in [-0.3, -0.25) is 4.79 Å². The van der Waals surface area contributed by atoms with E-state index in [2.05, 4.69) is 13.8 Å². The molecule has 0 heterocycles. The van der Waals surface area contributed by atoms with Crippen molar-refractivity contribution in [2.45, 2.75) is 79.1 Å². The van der Waals surface area contributed by atoms with Gasteiger partial charge in [0.05, 0.1) is 0 Å². The molecule has 2 heteroatoms. The van der Waals surface area contributed by atoms with Gasteiger partial charge >= 0.3 is 0 Å². The monoisotopic (exact) mass is 228 g/mol. The zero-order valence-electron chi connectivity index (χ0n) is 11.5. The second kappa shape index (κ2) is 14.3. The third-order valence-electron chi connectivity index (χ3n) is 2.12. The Morgan fingerprint density at radius 3 is 1.31 bits per heavy atom. The molecule has 0 radical (unpaired) electrons. The van der Waals surface area contributed by atoms with Crippen molar-refractivity contribution in [1.29, 1.82) is 0 Å². The molecule has 16 heavy (non-hydrogen) atoms. The number of hydrogen-bond acceptors (Lipinski definition) is 2. The van der Waals surface area contributed by atoms with Crippen LogP contribution in [-0.4, -0.2) is 11.6 Å². The number of unbranched alkanes of at least 4 members (excludes halogenated alkanes) is 4. The fourth-order valence-electron chi connectivity index (χ4n) is 1.27. The van der Waals surface area contributed by atoms with Crippen LogP contribution in [0.4, 0.5) is 0 Å². The first kappa shape index (κ1) is 17.7. The molecule has 0 aromatic heterocycles. The average molecular weight is 228 g/mol. The zero-order valence-corrected chi connectivity index (χ0v) is 11.5. The number of ketones is 2. The van der Waals surface area contributed by atoms with Gasteiger partial charge in [0.1, 0.15) is 11.6 Å². The largest absolute Gasteiger partial charge is 0.300 e. The molecule has 0 bridgehead atoms. The van der Waals surface area contributed by atoms with E-state index in [9.17, 15) is 9.59 Å². The molecule has 0 N–H and O–H groups in total. The van der Waals surface area contributed by atoms with Crippen LogP contribution in [0.2, 0.25) is 0 Å². The van der Waals surface area contributed by atoms with E-state index in [4.69, 9.17) is 0 Å². The lowest BCUT2D eigenvalue weighted by molar-refractivity contribution is -0.119. The predicted molar refractivity (Wildman–Crippen MR) is 69.6 cm³/mol. The van der Waals surface area contributed by atoms with E-state index < -0.39 is 0 Å². The molecular formula is C14H28O2. The first-order valence-corrected chi connectivity index (χ1v) is 6.53. The van der Waals surface area contributed by atoms with Crippen LogP contribution in [0.5, 0.6) is 0 Å². The highest BCUT2D eigenvalue weighted by atomic mass is 16.1. The van der Waals surface area contributed by atoms with Crippen LogP contribution in [0.1, 0.15) is 79.1 Å². The van der Waals surface area contributed by atoms with Crippen LogP contribution in [0.25, 0.3) is 0 Å². The maximum atomic E-state index is 11.2. The van der Waals surface area contributed by atoms with Gasteiger partial charge in [0.25, 0.3) is 0 Å². The Kier molecular flexibility index (Phi) is 15.9. The highest BCUT2D eigenvalue weighted by Crippen LogP contribution is 2.05. The van der Waals surface area contributed by atoms with Crippen LogP contribution in [0, 0.1) is 0 Å². The predicted octanol–water partition coefficient (Wildman–Crippen LogP) is 4.31. The SMILES string of the molecule is CC(C)=O.CCCCCC(=O)CCCCC. The first-order valence-electron chi connectivity index (χ1n) is 6.53. The summed E-state index contributed by atoms with van der Waals surface area (Å²) in [7, 11) is 0. The van der Waals surface area contributed by atoms with Gasteiger partial charge in [-0.05, 0) is 26.7 Å². The molecule has 96 valence electrons. The van der Waals surface area contributed by atoms with Crippen molar-refractivity contribution in [3.8, 4) is 0 Å². The number of hydrogen-bond donors (Lipinski definition) is 0. The topological polar surface area (TPSA) is 34.1 Å². The number of carbonyl (C=O) groups excluding carboxylic acids is 2. The lowest BCUT2D eigenvalue weighted by Gasteiger charge is -1.98. The fraction of sp³-hybridized carbons (Fsp3) is 0.857. The first-order chi connectivity index (χ1) is 7.54. The van der Waals surface area contributed by atoms with E-state index in [0.29, 0.717) is 5.78 Å². The van der Waals surface area contributed by atoms with E-state index >= 15 is 0 Å². The summed E-state index contributed by atoms with van der Waals surface area (Å²) in [5.41, 5.74) is 0. The molecule has 0 rings (SSSR count). The Bertz CT molecular complexity index is 158. The Morgan fingerprint density at radius 2 is 1.06 bits per heavy atom. The molecule has 0 aliphatic rings. The number of rotatable bonds is 8. The molecule has 0 aromatic rings. The Balaban J connectivity index is 0. The minimum atomic E-state index is 0.167. The van der Waals surface area contributed by atoms with Crippen molar-refractivity contribution < 1.29 is 9.59 Å². The summed E-state index contributed by atoms with van der Waals surface area (Å²) in [5, 5.41) is 0. The van der Waals surface area contributed by atoms with Crippen molar-refractivity contribution in [1.82, 2.24) is 0 Å². The Hall–Kier alpha value is -0.660. The van der Waals surface area contributed by atoms with Gasteiger partial charge in [0.2, 0.25) is 0 Å². The van der Waals surface area contributed by atoms with E-state index in [-0.39, 0.29) is 5.78 Å². The van der Waals surface area contributed by atoms with E-state index in [1.807, 2.05) is 0 Å². The summed E-state index contributed by atoms with van der Waals surface area (Å²) < 4.78 is 0. The highest BCUT2D eigenvalue weighted by Gasteiger charge is 1.99. The third-order valence-corrected chi connectivity index (χ3v) is 2.12. The van der Waals surface area contributed by atoms with Gasteiger partial charge in [-0.15, -0.1) is 0 Å². The molecule has 0 atom stereocenters. The lowest BCUT2D eigenvalue weighted by atomic mass is 10.1. The number of Topliss-reactive ketones (excluding diaryl/α,β-unsaturated/α-hetero) is 2. The molecular weight excluding hydrogens is 200 g/mol. The average Bonchev–Trinajstić information content (AvgIpc) is 2.18. The van der Waals surface area contributed by atoms with E-state index in [1.54, 1.807) is 0 Å². The minimum Gasteiger partial charge on any atom is -0.300 e. The molecule has 0 amide bonds. The van der Waals surface area contributed by atoms with Gasteiger partial charge in [-0.1, -0.05) is 39.5 Å². The van der Waals surface area contributed by atoms with Gasteiger partial charge < -0.3 is 4.79 Å². The van der Waals surface area contributed by atoms with Crippen LogP contribution >= 0.6 is 0 Å². The van der Waals surface area contributed by atoms with Gasteiger partial charge in [-0.25, -0.2) is 0 Å². The summed E-state index contributed by atoms with van der Waals surface area (Å²) in [6.45, 7) is 7.39. The van der Waals surface area contributed by atoms with Gasteiger partial charge in [0, 0.05) is 12.8 Å². The summed E-state index contributed by atoms with van der Waals surface area (Å²) in [4.78, 5) is 20.6. The Morgan fingerprint density at radius 1 is 0.750 bits per heavy atom. The quantitative estimate of drug-likeness (QED) is 0.580. The maximum Gasteiger partial charge on any atom is 0.132 e. The van der Waals surface area contributed by atoms with Crippen molar-refractivity contribution in [3.05, 3.63) is 0 Å². The van der Waals surface area contributed by atoms with Crippen LogP contribution in [0.15, 0.2) is 0 Å². The van der Waals surface area contributed by atoms with Gasteiger partial charge in [0.15, 0.2) is 0 Å². The lowest BCUT2D eigenvalue weighted by Crippen LogP contribution is -1.96. The summed E-state index contributed by atoms with van der Waals surface area (Å²) in [6, 6.07) is 0. The number of carbonyl (C=O) groups is 2. The van der Waals surface area contributed by atoms with Crippen LogP contribution in [-0.2, 0) is 9.59 Å². The molecule has 0 aliphatic heterocycles. The zero-order chi connectivity index (χ0) is 12.8. The van der Waals surface area contributed by atoms with Crippen molar-refractivity contribution in [2.75, 3.05) is 0 Å². The molecule has 0 aliphatic carbocycles. The fourth-order valence-corrected chi connectivity index (χ4v) is 1.27. The van der Waals surface area contributed by atoms with Crippen molar-refractivity contribution in [2.24, 2.45) is 0 Å². The summed E-state index contributed by atoms with van der Waals surface area (Å²) in [6.07, 6.45) is 8.67. The second-order valence-corrected chi connectivity index (χ2v) is 4.36. The highest BCUT2D eigenvalue weighted by molar-refractivity contribution is 5.78. The maximum absolute atomic E-state index is 11.2.